The minimum absolute atomic E-state index is 0.385. The van der Waals surface area contributed by atoms with Crippen LogP contribution in [0.25, 0.3) is 0 Å². The zero-order valence-electron chi connectivity index (χ0n) is 9.62. The minimum Gasteiger partial charge on any atom is -0.330 e. The van der Waals surface area contributed by atoms with Gasteiger partial charge < -0.3 is 11.5 Å². The smallest absolute Gasteiger partial charge is 0.0108 e. The molecule has 0 aromatic heterocycles. The fourth-order valence-corrected chi connectivity index (χ4v) is 5.12. The van der Waals surface area contributed by atoms with Crippen LogP contribution in [0.3, 0.4) is 0 Å². The summed E-state index contributed by atoms with van der Waals surface area (Å²) >= 11 is 0. The van der Waals surface area contributed by atoms with E-state index < -0.39 is 0 Å². The summed E-state index contributed by atoms with van der Waals surface area (Å²) in [7, 11) is 0. The van der Waals surface area contributed by atoms with Crippen LogP contribution in [0.15, 0.2) is 0 Å². The van der Waals surface area contributed by atoms with Gasteiger partial charge in [0.2, 0.25) is 0 Å². The van der Waals surface area contributed by atoms with Crippen molar-refractivity contribution >= 4 is 0 Å². The van der Waals surface area contributed by atoms with Gasteiger partial charge in [-0.05, 0) is 74.7 Å². The van der Waals surface area contributed by atoms with Gasteiger partial charge in [-0.25, -0.2) is 0 Å². The second kappa shape index (κ2) is 3.46. The van der Waals surface area contributed by atoms with E-state index in [9.17, 15) is 0 Å². The molecule has 0 radical (unpaired) electrons. The van der Waals surface area contributed by atoms with Crippen LogP contribution in [0, 0.1) is 23.2 Å². The second-order valence-corrected chi connectivity index (χ2v) is 6.46. The summed E-state index contributed by atoms with van der Waals surface area (Å²) in [6.07, 6.45) is 9.81. The normalized spacial score (nSPS) is 49.6. The average molecular weight is 208 g/mol. The Balaban J connectivity index is 1.80. The van der Waals surface area contributed by atoms with Gasteiger partial charge in [-0.1, -0.05) is 0 Å². The zero-order chi connectivity index (χ0) is 10.5. The summed E-state index contributed by atoms with van der Waals surface area (Å²) in [5, 5.41) is 0. The number of hydrogen-bond acceptors (Lipinski definition) is 2. The molecule has 0 saturated heterocycles. The van der Waals surface area contributed by atoms with Crippen molar-refractivity contribution in [1.29, 1.82) is 0 Å². The lowest BCUT2D eigenvalue weighted by molar-refractivity contribution is -0.0677. The molecule has 4 N–H and O–H groups in total. The third kappa shape index (κ3) is 1.53. The van der Waals surface area contributed by atoms with Gasteiger partial charge in [0, 0.05) is 6.04 Å². The van der Waals surface area contributed by atoms with Gasteiger partial charge in [0.15, 0.2) is 0 Å². The molecular formula is C13H24N2. The third-order valence-corrected chi connectivity index (χ3v) is 5.35. The van der Waals surface area contributed by atoms with Crippen molar-refractivity contribution in [3.8, 4) is 0 Å². The largest absolute Gasteiger partial charge is 0.330 e. The van der Waals surface area contributed by atoms with Crippen molar-refractivity contribution in [2.75, 3.05) is 6.54 Å². The van der Waals surface area contributed by atoms with Crippen molar-refractivity contribution in [1.82, 2.24) is 0 Å². The fourth-order valence-electron chi connectivity index (χ4n) is 5.12. The molecule has 4 saturated carbocycles. The number of nitrogens with two attached hydrogens (primary N) is 2. The molecule has 1 atom stereocenters. The van der Waals surface area contributed by atoms with Gasteiger partial charge in [-0.3, -0.25) is 0 Å². The first-order chi connectivity index (χ1) is 7.22. The Bertz CT molecular complexity index is 214. The van der Waals surface area contributed by atoms with Gasteiger partial charge in [-0.2, -0.15) is 0 Å². The van der Waals surface area contributed by atoms with E-state index in [0.29, 0.717) is 11.5 Å². The molecule has 15 heavy (non-hydrogen) atoms. The molecule has 86 valence electrons. The summed E-state index contributed by atoms with van der Waals surface area (Å²) < 4.78 is 0. The highest BCUT2D eigenvalue weighted by Gasteiger charge is 2.52. The standard InChI is InChI=1S/C13H24N2/c14-2-1-12(15)13-6-9-3-10(7-13)5-11(4-9)8-13/h9-12H,1-8,14-15H2. The molecule has 0 heterocycles. The average Bonchev–Trinajstić information content (AvgIpc) is 2.15. The van der Waals surface area contributed by atoms with Crippen LogP contribution in [0.5, 0.6) is 0 Å². The van der Waals surface area contributed by atoms with E-state index in [0.717, 1.165) is 30.7 Å². The molecule has 0 amide bonds. The van der Waals surface area contributed by atoms with Gasteiger partial charge in [-0.15, -0.1) is 0 Å². The van der Waals surface area contributed by atoms with Crippen LogP contribution in [0.4, 0.5) is 0 Å². The van der Waals surface area contributed by atoms with Crippen LogP contribution in [-0.2, 0) is 0 Å². The van der Waals surface area contributed by atoms with Crippen molar-refractivity contribution in [3.63, 3.8) is 0 Å². The molecule has 4 aliphatic rings. The van der Waals surface area contributed by atoms with Crippen molar-refractivity contribution in [2.24, 2.45) is 34.6 Å². The molecule has 0 spiro atoms. The lowest BCUT2D eigenvalue weighted by Crippen LogP contribution is -2.54. The van der Waals surface area contributed by atoms with Crippen molar-refractivity contribution in [3.05, 3.63) is 0 Å². The molecule has 4 fully saturated rings. The Kier molecular flexibility index (Phi) is 2.33. The van der Waals surface area contributed by atoms with E-state index >= 15 is 0 Å². The van der Waals surface area contributed by atoms with Crippen LogP contribution in [-0.4, -0.2) is 12.6 Å². The van der Waals surface area contributed by atoms with E-state index in [4.69, 9.17) is 11.5 Å². The van der Waals surface area contributed by atoms with Gasteiger partial charge in [0.1, 0.15) is 0 Å². The molecule has 2 heteroatoms. The predicted molar refractivity (Wildman–Crippen MR) is 62.3 cm³/mol. The van der Waals surface area contributed by atoms with Gasteiger partial charge in [0.05, 0.1) is 0 Å². The van der Waals surface area contributed by atoms with Crippen LogP contribution in [0.2, 0.25) is 0 Å². The highest BCUT2D eigenvalue weighted by Crippen LogP contribution is 2.61. The Morgan fingerprint density at radius 3 is 1.87 bits per heavy atom. The third-order valence-electron chi connectivity index (χ3n) is 5.35. The Morgan fingerprint density at radius 2 is 1.47 bits per heavy atom. The lowest BCUT2D eigenvalue weighted by atomic mass is 9.47. The van der Waals surface area contributed by atoms with E-state index in [1.165, 1.54) is 38.5 Å². The zero-order valence-corrected chi connectivity index (χ0v) is 9.62. The molecule has 0 aromatic carbocycles. The topological polar surface area (TPSA) is 52.0 Å². The Hall–Kier alpha value is -0.0800. The van der Waals surface area contributed by atoms with Crippen molar-refractivity contribution < 1.29 is 0 Å². The number of hydrogen-bond donors (Lipinski definition) is 2. The van der Waals surface area contributed by atoms with Gasteiger partial charge in [0.25, 0.3) is 0 Å². The summed E-state index contributed by atoms with van der Waals surface area (Å²) in [6.45, 7) is 0.767. The maximum atomic E-state index is 6.40. The molecule has 0 aliphatic heterocycles. The second-order valence-electron chi connectivity index (χ2n) is 6.46. The first-order valence-electron chi connectivity index (χ1n) is 6.67. The van der Waals surface area contributed by atoms with E-state index in [1.807, 2.05) is 0 Å². The Morgan fingerprint density at radius 1 is 1.00 bits per heavy atom. The van der Waals surface area contributed by atoms with Gasteiger partial charge >= 0.3 is 0 Å². The number of rotatable bonds is 3. The minimum atomic E-state index is 0.385. The molecule has 2 nitrogen and oxygen atoms in total. The predicted octanol–water partition coefficient (Wildman–Crippen LogP) is 1.88. The first-order valence-corrected chi connectivity index (χ1v) is 6.67. The summed E-state index contributed by atoms with van der Waals surface area (Å²) in [6, 6.07) is 0.385. The van der Waals surface area contributed by atoms with E-state index in [1.54, 1.807) is 0 Å². The SMILES string of the molecule is NCCC(N)C12CC3CC(CC(C3)C1)C2. The quantitative estimate of drug-likeness (QED) is 0.744. The summed E-state index contributed by atoms with van der Waals surface area (Å²) in [5.74, 6) is 3.04. The van der Waals surface area contributed by atoms with Crippen LogP contribution in [0.1, 0.15) is 44.9 Å². The van der Waals surface area contributed by atoms with Crippen molar-refractivity contribution in [2.45, 2.75) is 51.0 Å². The fraction of sp³-hybridized carbons (Fsp3) is 1.00. The molecule has 0 aromatic rings. The maximum absolute atomic E-state index is 6.40. The summed E-state index contributed by atoms with van der Waals surface area (Å²) in [5.41, 5.74) is 12.6. The summed E-state index contributed by atoms with van der Waals surface area (Å²) in [4.78, 5) is 0. The van der Waals surface area contributed by atoms with Crippen LogP contribution >= 0.6 is 0 Å². The first kappa shape index (κ1) is 10.1. The highest BCUT2D eigenvalue weighted by molar-refractivity contribution is 5.05. The molecule has 4 aliphatic carbocycles. The van der Waals surface area contributed by atoms with E-state index in [2.05, 4.69) is 0 Å². The Labute approximate surface area is 92.8 Å². The monoisotopic (exact) mass is 208 g/mol. The van der Waals surface area contributed by atoms with E-state index in [-0.39, 0.29) is 0 Å². The molecule has 1 unspecified atom stereocenters. The molecule has 4 rings (SSSR count). The van der Waals surface area contributed by atoms with Crippen LogP contribution < -0.4 is 11.5 Å². The maximum Gasteiger partial charge on any atom is 0.0108 e. The molecule has 4 bridgehead atoms. The lowest BCUT2D eigenvalue weighted by Gasteiger charge is -2.59. The highest BCUT2D eigenvalue weighted by atomic mass is 14.7. The molecular weight excluding hydrogens is 184 g/mol.